The molecule has 120 valence electrons. The Morgan fingerprint density at radius 3 is 2.68 bits per heavy atom. The number of nitrogens with zero attached hydrogens (tertiary/aromatic N) is 1. The summed E-state index contributed by atoms with van der Waals surface area (Å²) in [6, 6.07) is 7.46. The number of rotatable bonds is 3. The van der Waals surface area contributed by atoms with Crippen LogP contribution in [0.4, 0.5) is 5.69 Å². The molecule has 6 heteroatoms. The first kappa shape index (κ1) is 16.0. The van der Waals surface area contributed by atoms with E-state index in [0.29, 0.717) is 5.02 Å². The fourth-order valence-corrected chi connectivity index (χ4v) is 4.37. The van der Waals surface area contributed by atoms with Gasteiger partial charge in [-0.25, -0.2) is 4.21 Å². The number of carbonyl (C=O) groups excluding carboxylic acids is 1. The highest BCUT2D eigenvalue weighted by molar-refractivity contribution is 7.79. The third-order valence-corrected chi connectivity index (χ3v) is 5.57. The summed E-state index contributed by atoms with van der Waals surface area (Å²) in [6.45, 7) is 0.740. The lowest BCUT2D eigenvalue weighted by Crippen LogP contribution is -2.39. The number of benzene rings is 1. The molecule has 0 N–H and O–H groups in total. The van der Waals surface area contributed by atoms with E-state index in [2.05, 4.69) is 0 Å². The van der Waals surface area contributed by atoms with Crippen molar-refractivity contribution in [3.8, 4) is 0 Å². The van der Waals surface area contributed by atoms with Crippen LogP contribution in [0.5, 0.6) is 0 Å². The summed E-state index contributed by atoms with van der Waals surface area (Å²) < 4.78 is 16.5. The van der Waals surface area contributed by atoms with Crippen LogP contribution in [0.15, 0.2) is 24.3 Å². The zero-order valence-electron chi connectivity index (χ0n) is 12.6. The van der Waals surface area contributed by atoms with E-state index in [0.717, 1.165) is 44.3 Å². The van der Waals surface area contributed by atoms with Gasteiger partial charge in [0.25, 0.3) is 0 Å². The molecule has 0 radical (unpaired) electrons. The number of hydrogen-bond acceptors (Lipinski definition) is 3. The van der Waals surface area contributed by atoms with Gasteiger partial charge >= 0.3 is 0 Å². The molecule has 0 aromatic heterocycles. The monoisotopic (exact) mass is 341 g/mol. The second kappa shape index (κ2) is 6.30. The van der Waals surface area contributed by atoms with E-state index in [-0.39, 0.29) is 17.4 Å². The van der Waals surface area contributed by atoms with Gasteiger partial charge in [0.2, 0.25) is 5.91 Å². The smallest absolute Gasteiger partial charge is 0.233 e. The third kappa shape index (κ3) is 3.07. The van der Waals surface area contributed by atoms with Gasteiger partial charge in [0.05, 0.1) is 11.5 Å². The fourth-order valence-electron chi connectivity index (χ4n) is 3.61. The first-order valence-corrected chi connectivity index (χ1v) is 9.44. The lowest BCUT2D eigenvalue weighted by atomic mass is 9.72. The summed E-state index contributed by atoms with van der Waals surface area (Å²) in [7, 11) is 0. The molecule has 1 saturated heterocycles. The molecule has 0 bridgehead atoms. The predicted molar refractivity (Wildman–Crippen MR) is 88.3 cm³/mol. The van der Waals surface area contributed by atoms with Crippen LogP contribution in [-0.4, -0.2) is 29.0 Å². The average Bonchev–Trinajstić information content (AvgIpc) is 2.79. The summed E-state index contributed by atoms with van der Waals surface area (Å²) in [5.41, 5.74) is 0.611. The molecule has 1 heterocycles. The van der Waals surface area contributed by atoms with E-state index in [1.807, 2.05) is 29.2 Å². The number of amides is 1. The molecule has 1 aromatic carbocycles. The number of halogens is 1. The topological polar surface area (TPSA) is 46.6 Å². The van der Waals surface area contributed by atoms with Crippen molar-refractivity contribution < 1.29 is 13.2 Å². The molecule has 1 atom stereocenters. The maximum Gasteiger partial charge on any atom is 0.233 e. The molecule has 22 heavy (non-hydrogen) atoms. The first-order chi connectivity index (χ1) is 10.5. The summed E-state index contributed by atoms with van der Waals surface area (Å²) in [5, 5.41) is 0.647. The van der Waals surface area contributed by atoms with Gasteiger partial charge in [-0.05, 0) is 50.3 Å². The molecule has 1 aromatic rings. The van der Waals surface area contributed by atoms with Crippen LogP contribution in [0.3, 0.4) is 0 Å². The minimum absolute atomic E-state index is 0.0180. The van der Waals surface area contributed by atoms with E-state index < -0.39 is 11.1 Å². The molecule has 1 spiro atoms. The SMILES string of the molecule is CS(=O)OC1CCC2(CC1)CCN(c1cccc(Cl)c1)C2=O. The highest BCUT2D eigenvalue weighted by atomic mass is 35.5. The minimum Gasteiger partial charge on any atom is -0.312 e. The standard InChI is InChI=1S/C16H20ClNO3S/c1-22(20)21-14-5-7-16(8-6-14)9-10-18(15(16)19)13-4-2-3-12(17)11-13/h2-4,11,14H,5-10H2,1H3. The predicted octanol–water partition coefficient (Wildman–Crippen LogP) is 3.32. The van der Waals surface area contributed by atoms with E-state index >= 15 is 0 Å². The van der Waals surface area contributed by atoms with Crippen molar-refractivity contribution in [2.75, 3.05) is 17.7 Å². The molecular formula is C16H20ClNO3S. The zero-order chi connectivity index (χ0) is 15.7. The van der Waals surface area contributed by atoms with Crippen molar-refractivity contribution >= 4 is 34.3 Å². The van der Waals surface area contributed by atoms with Gasteiger partial charge in [-0.15, -0.1) is 0 Å². The second-order valence-electron chi connectivity index (χ2n) is 6.16. The highest BCUT2D eigenvalue weighted by Crippen LogP contribution is 2.46. The maximum atomic E-state index is 12.9. The van der Waals surface area contributed by atoms with Gasteiger partial charge in [-0.1, -0.05) is 17.7 Å². The van der Waals surface area contributed by atoms with Crippen LogP contribution < -0.4 is 4.90 Å². The molecule has 1 aliphatic heterocycles. The maximum absolute atomic E-state index is 12.9. The van der Waals surface area contributed by atoms with E-state index in [9.17, 15) is 9.00 Å². The molecule has 2 fully saturated rings. The van der Waals surface area contributed by atoms with Crippen molar-refractivity contribution in [1.82, 2.24) is 0 Å². The molecule has 1 aliphatic carbocycles. The van der Waals surface area contributed by atoms with Gasteiger partial charge in [-0.2, -0.15) is 0 Å². The summed E-state index contributed by atoms with van der Waals surface area (Å²) >= 11 is 4.80. The molecule has 2 aliphatic rings. The largest absolute Gasteiger partial charge is 0.312 e. The van der Waals surface area contributed by atoms with Gasteiger partial charge in [-0.3, -0.25) is 8.98 Å². The van der Waals surface area contributed by atoms with Gasteiger partial charge in [0, 0.05) is 23.5 Å². The Morgan fingerprint density at radius 1 is 1.32 bits per heavy atom. The summed E-state index contributed by atoms with van der Waals surface area (Å²) in [4.78, 5) is 14.8. The second-order valence-corrected chi connectivity index (χ2v) is 7.60. The van der Waals surface area contributed by atoms with Crippen molar-refractivity contribution in [3.63, 3.8) is 0 Å². The summed E-state index contributed by atoms with van der Waals surface area (Å²) in [6.07, 6.45) is 5.66. The fraction of sp³-hybridized carbons (Fsp3) is 0.562. The first-order valence-electron chi connectivity index (χ1n) is 7.58. The Bertz CT molecular complexity index is 599. The lowest BCUT2D eigenvalue weighted by Gasteiger charge is -2.35. The Hall–Kier alpha value is -0.910. The van der Waals surface area contributed by atoms with Crippen LogP contribution in [0.1, 0.15) is 32.1 Å². The van der Waals surface area contributed by atoms with Crippen LogP contribution in [0.25, 0.3) is 0 Å². The Balaban J connectivity index is 1.70. The number of anilines is 1. The number of hydrogen-bond donors (Lipinski definition) is 0. The Kier molecular flexibility index (Phi) is 4.57. The minimum atomic E-state index is -1.23. The molecule has 1 saturated carbocycles. The highest BCUT2D eigenvalue weighted by Gasteiger charge is 2.49. The Labute approximate surface area is 138 Å². The van der Waals surface area contributed by atoms with Gasteiger partial charge < -0.3 is 4.90 Å². The van der Waals surface area contributed by atoms with Crippen molar-refractivity contribution in [3.05, 3.63) is 29.3 Å². The van der Waals surface area contributed by atoms with Crippen LogP contribution >= 0.6 is 11.6 Å². The van der Waals surface area contributed by atoms with E-state index in [1.54, 1.807) is 6.26 Å². The van der Waals surface area contributed by atoms with Crippen molar-refractivity contribution in [1.29, 1.82) is 0 Å². The molecule has 3 rings (SSSR count). The zero-order valence-corrected chi connectivity index (χ0v) is 14.2. The quantitative estimate of drug-likeness (QED) is 0.847. The molecule has 1 amide bonds. The molecule has 1 unspecified atom stereocenters. The Morgan fingerprint density at radius 2 is 2.05 bits per heavy atom. The normalized spacial score (nSPS) is 30.0. The van der Waals surface area contributed by atoms with Gasteiger partial charge in [0.15, 0.2) is 11.1 Å². The molecule has 4 nitrogen and oxygen atoms in total. The third-order valence-electron chi connectivity index (χ3n) is 4.79. The summed E-state index contributed by atoms with van der Waals surface area (Å²) in [5.74, 6) is 0.200. The van der Waals surface area contributed by atoms with E-state index in [1.165, 1.54) is 0 Å². The van der Waals surface area contributed by atoms with Gasteiger partial charge in [0.1, 0.15) is 0 Å². The van der Waals surface area contributed by atoms with Crippen molar-refractivity contribution in [2.45, 2.75) is 38.2 Å². The van der Waals surface area contributed by atoms with Crippen molar-refractivity contribution in [2.24, 2.45) is 5.41 Å². The molecular weight excluding hydrogens is 322 g/mol. The average molecular weight is 342 g/mol. The van der Waals surface area contributed by atoms with Crippen LogP contribution in [0.2, 0.25) is 5.02 Å². The number of carbonyl (C=O) groups is 1. The van der Waals surface area contributed by atoms with Crippen LogP contribution in [0, 0.1) is 5.41 Å². The van der Waals surface area contributed by atoms with Crippen LogP contribution in [-0.2, 0) is 20.1 Å². The lowest BCUT2D eigenvalue weighted by molar-refractivity contribution is -0.127. The van der Waals surface area contributed by atoms with E-state index in [4.69, 9.17) is 15.8 Å².